The van der Waals surface area contributed by atoms with E-state index in [0.717, 1.165) is 36.5 Å². The predicted octanol–water partition coefficient (Wildman–Crippen LogP) is 1.52. The molecule has 0 heterocycles. The molecule has 3 N–H and O–H groups in total. The quantitative estimate of drug-likeness (QED) is 0.760. The zero-order valence-electron chi connectivity index (χ0n) is 10.7. The van der Waals surface area contributed by atoms with Crippen molar-refractivity contribution in [2.75, 3.05) is 6.54 Å². The highest BCUT2D eigenvalue weighted by Crippen LogP contribution is 2.69. The van der Waals surface area contributed by atoms with Crippen LogP contribution in [0.1, 0.15) is 39.0 Å². The van der Waals surface area contributed by atoms with Crippen LogP contribution in [-0.4, -0.2) is 18.5 Å². The van der Waals surface area contributed by atoms with Gasteiger partial charge in [0.1, 0.15) is 0 Å². The summed E-state index contributed by atoms with van der Waals surface area (Å²) in [6.07, 6.45) is 6.10. The van der Waals surface area contributed by atoms with Crippen LogP contribution in [0.2, 0.25) is 0 Å². The highest BCUT2D eigenvalue weighted by atomic mass is 16.2. The average molecular weight is 236 g/mol. The number of nitrogens with one attached hydrogen (secondary N) is 1. The van der Waals surface area contributed by atoms with Crippen LogP contribution in [0, 0.1) is 29.6 Å². The predicted molar refractivity (Wildman–Crippen MR) is 67.2 cm³/mol. The van der Waals surface area contributed by atoms with E-state index in [4.69, 9.17) is 5.73 Å². The maximum atomic E-state index is 12.2. The molecule has 2 bridgehead atoms. The number of amides is 1. The maximum Gasteiger partial charge on any atom is 0.223 e. The molecule has 0 aliphatic heterocycles. The lowest BCUT2D eigenvalue weighted by molar-refractivity contribution is -0.124. The molecule has 0 spiro atoms. The maximum absolute atomic E-state index is 12.2. The molecule has 5 atom stereocenters. The van der Waals surface area contributed by atoms with Crippen molar-refractivity contribution in [2.24, 2.45) is 35.3 Å². The first-order chi connectivity index (χ1) is 8.26. The van der Waals surface area contributed by atoms with Crippen LogP contribution in [0.5, 0.6) is 0 Å². The molecular formula is C14H24N2O. The Hall–Kier alpha value is -0.570. The minimum Gasteiger partial charge on any atom is -0.353 e. The van der Waals surface area contributed by atoms with E-state index in [1.807, 2.05) is 0 Å². The Morgan fingerprint density at radius 3 is 2.53 bits per heavy atom. The Balaban J connectivity index is 1.55. The van der Waals surface area contributed by atoms with E-state index in [9.17, 15) is 4.79 Å². The van der Waals surface area contributed by atoms with E-state index in [1.165, 1.54) is 19.3 Å². The minimum atomic E-state index is 0.298. The van der Waals surface area contributed by atoms with Gasteiger partial charge in [0.2, 0.25) is 5.91 Å². The van der Waals surface area contributed by atoms with Gasteiger partial charge in [0.25, 0.3) is 0 Å². The Bertz CT molecular complexity index is 301. The molecule has 0 aromatic heterocycles. The van der Waals surface area contributed by atoms with Crippen molar-refractivity contribution in [3.8, 4) is 0 Å². The van der Waals surface area contributed by atoms with Gasteiger partial charge in [-0.05, 0) is 62.3 Å². The lowest BCUT2D eigenvalue weighted by atomic mass is 10.0. The summed E-state index contributed by atoms with van der Waals surface area (Å²) in [7, 11) is 0. The van der Waals surface area contributed by atoms with Crippen LogP contribution in [0.25, 0.3) is 0 Å². The lowest BCUT2D eigenvalue weighted by Crippen LogP contribution is -2.38. The smallest absolute Gasteiger partial charge is 0.223 e. The van der Waals surface area contributed by atoms with Gasteiger partial charge in [-0.3, -0.25) is 4.79 Å². The van der Waals surface area contributed by atoms with E-state index in [-0.39, 0.29) is 0 Å². The van der Waals surface area contributed by atoms with E-state index >= 15 is 0 Å². The van der Waals surface area contributed by atoms with Crippen molar-refractivity contribution < 1.29 is 4.79 Å². The van der Waals surface area contributed by atoms with Crippen LogP contribution in [0.3, 0.4) is 0 Å². The average Bonchev–Trinajstić information content (AvgIpc) is 2.78. The fourth-order valence-electron chi connectivity index (χ4n) is 4.55. The number of carbonyl (C=O) groups excluding carboxylic acids is 1. The van der Waals surface area contributed by atoms with Gasteiger partial charge < -0.3 is 11.1 Å². The first-order valence-electron chi connectivity index (χ1n) is 7.26. The van der Waals surface area contributed by atoms with Crippen molar-refractivity contribution in [3.05, 3.63) is 0 Å². The van der Waals surface area contributed by atoms with E-state index in [2.05, 4.69) is 12.2 Å². The summed E-state index contributed by atoms with van der Waals surface area (Å²) in [5, 5.41) is 3.21. The van der Waals surface area contributed by atoms with E-state index in [0.29, 0.717) is 24.4 Å². The van der Waals surface area contributed by atoms with Crippen molar-refractivity contribution in [1.29, 1.82) is 0 Å². The van der Waals surface area contributed by atoms with Crippen LogP contribution in [0.4, 0.5) is 0 Å². The first-order valence-corrected chi connectivity index (χ1v) is 7.26. The largest absolute Gasteiger partial charge is 0.353 e. The van der Waals surface area contributed by atoms with Crippen molar-refractivity contribution in [2.45, 2.75) is 45.1 Å². The molecule has 0 saturated heterocycles. The van der Waals surface area contributed by atoms with Gasteiger partial charge in [-0.15, -0.1) is 0 Å². The Morgan fingerprint density at radius 2 is 2.00 bits per heavy atom. The SMILES string of the molecule is CCC(CCN)NC(=O)C1C2C3CCC(C3)C12. The minimum absolute atomic E-state index is 0.298. The zero-order chi connectivity index (χ0) is 12.0. The summed E-state index contributed by atoms with van der Waals surface area (Å²) >= 11 is 0. The standard InChI is InChI=1S/C14H24N2O/c1-2-10(5-6-15)16-14(17)13-11-8-3-4-9(7-8)12(11)13/h8-13H,2-7,15H2,1H3,(H,16,17). The molecule has 3 aliphatic rings. The monoisotopic (exact) mass is 236 g/mol. The molecule has 0 aromatic carbocycles. The van der Waals surface area contributed by atoms with Crippen molar-refractivity contribution in [3.63, 3.8) is 0 Å². The third kappa shape index (κ3) is 1.79. The molecule has 17 heavy (non-hydrogen) atoms. The van der Waals surface area contributed by atoms with Gasteiger partial charge in [-0.2, -0.15) is 0 Å². The molecule has 3 fully saturated rings. The molecule has 3 nitrogen and oxygen atoms in total. The highest BCUT2D eigenvalue weighted by molar-refractivity contribution is 5.83. The summed E-state index contributed by atoms with van der Waals surface area (Å²) in [5.74, 6) is 3.98. The van der Waals surface area contributed by atoms with Crippen molar-refractivity contribution >= 4 is 5.91 Å². The number of carbonyl (C=O) groups is 1. The number of hydrogen-bond acceptors (Lipinski definition) is 2. The molecule has 0 aromatic rings. The van der Waals surface area contributed by atoms with E-state index < -0.39 is 0 Å². The van der Waals surface area contributed by atoms with Gasteiger partial charge in [-0.25, -0.2) is 0 Å². The summed E-state index contributed by atoms with van der Waals surface area (Å²) in [5.41, 5.74) is 5.57. The second-order valence-electron chi connectivity index (χ2n) is 6.20. The van der Waals surface area contributed by atoms with Crippen LogP contribution in [0.15, 0.2) is 0 Å². The van der Waals surface area contributed by atoms with Crippen LogP contribution >= 0.6 is 0 Å². The number of fused-ring (bicyclic) bond motifs is 5. The topological polar surface area (TPSA) is 55.1 Å². The summed E-state index contributed by atoms with van der Waals surface area (Å²) in [6, 6.07) is 0.298. The normalized spacial score (nSPS) is 43.3. The Morgan fingerprint density at radius 1 is 1.35 bits per heavy atom. The number of nitrogens with two attached hydrogens (primary N) is 1. The molecule has 96 valence electrons. The number of rotatable bonds is 5. The summed E-state index contributed by atoms with van der Waals surface area (Å²) in [6.45, 7) is 2.79. The molecule has 0 radical (unpaired) electrons. The molecule has 3 aliphatic carbocycles. The van der Waals surface area contributed by atoms with Gasteiger partial charge >= 0.3 is 0 Å². The number of hydrogen-bond donors (Lipinski definition) is 2. The van der Waals surface area contributed by atoms with Crippen molar-refractivity contribution in [1.82, 2.24) is 5.32 Å². The van der Waals surface area contributed by atoms with Gasteiger partial charge in [0.15, 0.2) is 0 Å². The lowest BCUT2D eigenvalue weighted by Gasteiger charge is -2.17. The van der Waals surface area contributed by atoms with Crippen LogP contribution in [-0.2, 0) is 4.79 Å². The summed E-state index contributed by atoms with van der Waals surface area (Å²) in [4.78, 5) is 12.2. The fourth-order valence-corrected chi connectivity index (χ4v) is 4.55. The molecule has 1 amide bonds. The third-order valence-electron chi connectivity index (χ3n) is 5.39. The second-order valence-corrected chi connectivity index (χ2v) is 6.20. The second kappa shape index (κ2) is 4.27. The van der Waals surface area contributed by atoms with E-state index in [1.54, 1.807) is 0 Å². The molecular weight excluding hydrogens is 212 g/mol. The third-order valence-corrected chi connectivity index (χ3v) is 5.39. The Labute approximate surface area is 104 Å². The first kappa shape index (κ1) is 11.5. The fraction of sp³-hybridized carbons (Fsp3) is 0.929. The molecule has 3 heteroatoms. The van der Waals surface area contributed by atoms with Gasteiger partial charge in [0.05, 0.1) is 0 Å². The molecule has 3 saturated carbocycles. The molecule has 3 rings (SSSR count). The summed E-state index contributed by atoms with van der Waals surface area (Å²) < 4.78 is 0. The van der Waals surface area contributed by atoms with Gasteiger partial charge in [0, 0.05) is 12.0 Å². The molecule has 5 unspecified atom stereocenters. The zero-order valence-corrected chi connectivity index (χ0v) is 10.7. The highest BCUT2D eigenvalue weighted by Gasteiger charge is 2.67. The van der Waals surface area contributed by atoms with Gasteiger partial charge in [-0.1, -0.05) is 6.92 Å². The van der Waals surface area contributed by atoms with Crippen LogP contribution < -0.4 is 11.1 Å². The Kier molecular flexibility index (Phi) is 2.89.